The van der Waals surface area contributed by atoms with Crippen LogP contribution in [0.3, 0.4) is 0 Å². The van der Waals surface area contributed by atoms with E-state index in [0.717, 1.165) is 30.9 Å². The van der Waals surface area contributed by atoms with E-state index >= 15 is 0 Å². The van der Waals surface area contributed by atoms with Crippen LogP contribution < -0.4 is 0 Å². The van der Waals surface area contributed by atoms with Crippen molar-refractivity contribution in [3.63, 3.8) is 0 Å². The van der Waals surface area contributed by atoms with E-state index in [1.54, 1.807) is 0 Å². The third-order valence-electron chi connectivity index (χ3n) is 3.45. The highest BCUT2D eigenvalue weighted by atomic mass is 16.4. The Morgan fingerprint density at radius 2 is 2.35 bits per heavy atom. The summed E-state index contributed by atoms with van der Waals surface area (Å²) in [4.78, 5) is 13.3. The average molecular weight is 237 g/mol. The summed E-state index contributed by atoms with van der Waals surface area (Å²) in [6.45, 7) is 5.34. The summed E-state index contributed by atoms with van der Waals surface area (Å²) < 4.78 is 5.51. The van der Waals surface area contributed by atoms with E-state index < -0.39 is 5.97 Å². The summed E-state index contributed by atoms with van der Waals surface area (Å²) in [5, 5.41) is 9.29. The summed E-state index contributed by atoms with van der Waals surface area (Å²) in [5.41, 5.74) is 0. The summed E-state index contributed by atoms with van der Waals surface area (Å²) >= 11 is 0. The molecule has 2 unspecified atom stereocenters. The van der Waals surface area contributed by atoms with Crippen LogP contribution >= 0.6 is 0 Å². The number of nitrogens with zero attached hydrogens (tertiary/aromatic N) is 1. The Morgan fingerprint density at radius 1 is 1.59 bits per heavy atom. The molecule has 17 heavy (non-hydrogen) atoms. The maximum absolute atomic E-state index is 11.3. The van der Waals surface area contributed by atoms with E-state index in [4.69, 9.17) is 4.42 Å². The lowest BCUT2D eigenvalue weighted by atomic mass is 9.91. The zero-order valence-electron chi connectivity index (χ0n) is 10.3. The number of hydrogen-bond donors (Lipinski definition) is 1. The molecular formula is C13H19NO3. The van der Waals surface area contributed by atoms with Crippen LogP contribution in [-0.2, 0) is 11.3 Å². The molecule has 1 aromatic rings. The fourth-order valence-corrected chi connectivity index (χ4v) is 2.62. The first-order valence-electron chi connectivity index (χ1n) is 6.10. The van der Waals surface area contributed by atoms with Crippen molar-refractivity contribution < 1.29 is 14.3 Å². The lowest BCUT2D eigenvalue weighted by molar-refractivity contribution is -0.147. The van der Waals surface area contributed by atoms with Crippen molar-refractivity contribution in [3.05, 3.63) is 23.7 Å². The van der Waals surface area contributed by atoms with E-state index in [-0.39, 0.29) is 12.0 Å². The van der Waals surface area contributed by atoms with Crippen LogP contribution in [0.2, 0.25) is 0 Å². The Labute approximate surface area is 101 Å². The number of likely N-dealkylation sites (tertiary alicyclic amines) is 1. The van der Waals surface area contributed by atoms with Gasteiger partial charge >= 0.3 is 5.97 Å². The fourth-order valence-electron chi connectivity index (χ4n) is 2.62. The van der Waals surface area contributed by atoms with Crippen LogP contribution in [-0.4, -0.2) is 28.6 Å². The second-order valence-corrected chi connectivity index (χ2v) is 4.89. The first-order valence-corrected chi connectivity index (χ1v) is 6.10. The Balaban J connectivity index is 2.09. The smallest absolute Gasteiger partial charge is 0.321 e. The van der Waals surface area contributed by atoms with Crippen LogP contribution in [0.1, 0.15) is 31.3 Å². The number of carboxylic acid groups (broad SMARTS) is 1. The van der Waals surface area contributed by atoms with E-state index in [2.05, 4.69) is 0 Å². The van der Waals surface area contributed by atoms with Gasteiger partial charge in [-0.25, -0.2) is 0 Å². The molecule has 1 saturated heterocycles. The number of aliphatic carboxylic acids is 1. The molecule has 1 aliphatic heterocycles. The van der Waals surface area contributed by atoms with Crippen molar-refractivity contribution in [2.75, 3.05) is 6.54 Å². The number of rotatable bonds is 3. The molecule has 4 heteroatoms. The first kappa shape index (κ1) is 12.2. The maximum atomic E-state index is 11.3. The maximum Gasteiger partial charge on any atom is 0.321 e. The van der Waals surface area contributed by atoms with Crippen molar-refractivity contribution >= 4 is 5.97 Å². The molecule has 0 bridgehead atoms. The van der Waals surface area contributed by atoms with Gasteiger partial charge in [0.2, 0.25) is 0 Å². The van der Waals surface area contributed by atoms with Gasteiger partial charge in [-0.05, 0) is 44.4 Å². The van der Waals surface area contributed by atoms with Crippen LogP contribution in [0.5, 0.6) is 0 Å². The largest absolute Gasteiger partial charge is 0.480 e. The van der Waals surface area contributed by atoms with Crippen LogP contribution in [0.15, 0.2) is 16.5 Å². The molecule has 94 valence electrons. The van der Waals surface area contributed by atoms with Crippen molar-refractivity contribution in [2.45, 2.75) is 39.3 Å². The highest BCUT2D eigenvalue weighted by Crippen LogP contribution is 2.25. The van der Waals surface area contributed by atoms with Gasteiger partial charge in [-0.3, -0.25) is 9.69 Å². The molecular weight excluding hydrogens is 218 g/mol. The Kier molecular flexibility index (Phi) is 3.52. The third kappa shape index (κ3) is 2.69. The van der Waals surface area contributed by atoms with Gasteiger partial charge in [0.05, 0.1) is 6.54 Å². The van der Waals surface area contributed by atoms with E-state index in [9.17, 15) is 9.90 Å². The highest BCUT2D eigenvalue weighted by molar-refractivity contribution is 5.74. The van der Waals surface area contributed by atoms with Gasteiger partial charge in [-0.1, -0.05) is 6.92 Å². The molecule has 2 heterocycles. The van der Waals surface area contributed by atoms with Crippen molar-refractivity contribution in [2.24, 2.45) is 5.92 Å². The zero-order chi connectivity index (χ0) is 12.4. The van der Waals surface area contributed by atoms with Crippen molar-refractivity contribution in [3.8, 4) is 0 Å². The van der Waals surface area contributed by atoms with E-state index in [0.29, 0.717) is 6.54 Å². The molecule has 2 atom stereocenters. The molecule has 1 N–H and O–H groups in total. The minimum Gasteiger partial charge on any atom is -0.480 e. The lowest BCUT2D eigenvalue weighted by Crippen LogP contribution is -2.48. The molecule has 0 saturated carbocycles. The monoisotopic (exact) mass is 237 g/mol. The number of carboxylic acids is 1. The van der Waals surface area contributed by atoms with Gasteiger partial charge < -0.3 is 9.52 Å². The number of carbonyl (C=O) groups is 1. The number of aryl methyl sites for hydroxylation is 1. The van der Waals surface area contributed by atoms with Gasteiger partial charge in [0, 0.05) is 0 Å². The van der Waals surface area contributed by atoms with Crippen molar-refractivity contribution in [1.82, 2.24) is 4.90 Å². The molecule has 1 aromatic heterocycles. The molecule has 0 spiro atoms. The highest BCUT2D eigenvalue weighted by Gasteiger charge is 2.34. The molecule has 2 rings (SSSR count). The Hall–Kier alpha value is -1.29. The topological polar surface area (TPSA) is 53.7 Å². The molecule has 0 aromatic carbocycles. The van der Waals surface area contributed by atoms with E-state index in [1.807, 2.05) is 30.9 Å². The fraction of sp³-hybridized carbons (Fsp3) is 0.615. The quantitative estimate of drug-likeness (QED) is 0.876. The van der Waals surface area contributed by atoms with Gasteiger partial charge in [0.1, 0.15) is 17.6 Å². The molecule has 0 aliphatic carbocycles. The second-order valence-electron chi connectivity index (χ2n) is 4.89. The molecule has 4 nitrogen and oxygen atoms in total. The summed E-state index contributed by atoms with van der Waals surface area (Å²) in [6, 6.07) is 3.46. The van der Waals surface area contributed by atoms with Crippen molar-refractivity contribution in [1.29, 1.82) is 0 Å². The predicted molar refractivity (Wildman–Crippen MR) is 63.7 cm³/mol. The molecule has 0 amide bonds. The van der Waals surface area contributed by atoms with E-state index in [1.165, 1.54) is 0 Å². The number of piperidine rings is 1. The Morgan fingerprint density at radius 3 is 2.94 bits per heavy atom. The second kappa shape index (κ2) is 4.92. The first-order chi connectivity index (χ1) is 8.08. The van der Waals surface area contributed by atoms with Crippen LogP contribution in [0.25, 0.3) is 0 Å². The van der Waals surface area contributed by atoms with Crippen LogP contribution in [0, 0.1) is 12.8 Å². The predicted octanol–water partition coefficient (Wildman–Crippen LogP) is 2.27. The summed E-state index contributed by atoms with van der Waals surface area (Å²) in [7, 11) is 0. The number of furan rings is 1. The SMILES string of the molecule is Cc1ccc(CN2CCCC(C)C2C(=O)O)o1. The summed E-state index contributed by atoms with van der Waals surface area (Å²) in [5.74, 6) is 1.21. The minimum absolute atomic E-state index is 0.206. The molecule has 1 aliphatic rings. The van der Waals surface area contributed by atoms with Gasteiger partial charge in [-0.15, -0.1) is 0 Å². The van der Waals surface area contributed by atoms with Gasteiger partial charge in [-0.2, -0.15) is 0 Å². The standard InChI is InChI=1S/C13H19NO3/c1-9-4-3-7-14(12(9)13(15)16)8-11-6-5-10(2)17-11/h5-6,9,12H,3-4,7-8H2,1-2H3,(H,15,16). The summed E-state index contributed by atoms with van der Waals surface area (Å²) in [6.07, 6.45) is 2.05. The minimum atomic E-state index is -0.722. The Bertz CT molecular complexity index is 399. The van der Waals surface area contributed by atoms with Gasteiger partial charge in [0.15, 0.2) is 0 Å². The normalized spacial score (nSPS) is 26.0. The third-order valence-corrected chi connectivity index (χ3v) is 3.45. The average Bonchev–Trinajstić information content (AvgIpc) is 2.63. The van der Waals surface area contributed by atoms with Crippen LogP contribution in [0.4, 0.5) is 0 Å². The zero-order valence-corrected chi connectivity index (χ0v) is 10.3. The van der Waals surface area contributed by atoms with Gasteiger partial charge in [0.25, 0.3) is 0 Å². The number of hydrogen-bond acceptors (Lipinski definition) is 3. The lowest BCUT2D eigenvalue weighted by Gasteiger charge is -2.36. The molecule has 1 fully saturated rings. The molecule has 0 radical (unpaired) electrons.